The third-order valence-electron chi connectivity index (χ3n) is 4.50. The summed E-state index contributed by atoms with van der Waals surface area (Å²) in [6.45, 7) is 2.65. The number of nitrogens with zero attached hydrogens (tertiary/aromatic N) is 3. The van der Waals surface area contributed by atoms with Crippen molar-refractivity contribution >= 4 is 23.2 Å². The highest BCUT2D eigenvalue weighted by Gasteiger charge is 2.36. The van der Waals surface area contributed by atoms with E-state index < -0.39 is 0 Å². The number of ether oxygens (including phenoxy) is 1. The molecule has 2 heterocycles. The van der Waals surface area contributed by atoms with Gasteiger partial charge in [-0.25, -0.2) is 4.90 Å². The van der Waals surface area contributed by atoms with E-state index in [-0.39, 0.29) is 11.8 Å². The van der Waals surface area contributed by atoms with Crippen molar-refractivity contribution in [2.24, 2.45) is 0 Å². The first-order chi connectivity index (χ1) is 12.2. The normalized spacial score (nSPS) is 16.8. The van der Waals surface area contributed by atoms with Gasteiger partial charge in [0.2, 0.25) is 0 Å². The molecule has 0 N–H and O–H groups in total. The summed E-state index contributed by atoms with van der Waals surface area (Å²) in [6.07, 6.45) is 0. The zero-order chi connectivity index (χ0) is 17.4. The van der Waals surface area contributed by atoms with Crippen LogP contribution in [0.3, 0.4) is 0 Å². The number of carbonyl (C=O) groups is 2. The standard InChI is InChI=1S/C19H15N3O3/c20-12-13-11-14(5-6-17(13)21-7-9-25-10-8-21)22-18(23)15-3-1-2-4-16(15)19(22)24/h1-6,11H,7-10H2. The highest BCUT2D eigenvalue weighted by atomic mass is 16.5. The number of imide groups is 1. The molecule has 6 nitrogen and oxygen atoms in total. The van der Waals surface area contributed by atoms with Crippen molar-refractivity contribution in [2.75, 3.05) is 36.1 Å². The lowest BCUT2D eigenvalue weighted by Crippen LogP contribution is -2.36. The Hall–Kier alpha value is -3.17. The molecule has 124 valence electrons. The van der Waals surface area contributed by atoms with Gasteiger partial charge in [0.15, 0.2) is 0 Å². The Morgan fingerprint density at radius 2 is 1.60 bits per heavy atom. The van der Waals surface area contributed by atoms with E-state index in [2.05, 4.69) is 11.0 Å². The van der Waals surface area contributed by atoms with Crippen molar-refractivity contribution in [3.63, 3.8) is 0 Å². The number of fused-ring (bicyclic) bond motifs is 1. The molecule has 1 saturated heterocycles. The monoisotopic (exact) mass is 333 g/mol. The van der Waals surface area contributed by atoms with E-state index in [9.17, 15) is 14.9 Å². The molecule has 0 saturated carbocycles. The van der Waals surface area contributed by atoms with E-state index in [1.54, 1.807) is 42.5 Å². The Morgan fingerprint density at radius 1 is 0.960 bits per heavy atom. The molecular weight excluding hydrogens is 318 g/mol. The lowest BCUT2D eigenvalue weighted by Gasteiger charge is -2.30. The Kier molecular flexibility index (Phi) is 3.71. The van der Waals surface area contributed by atoms with Crippen molar-refractivity contribution in [1.82, 2.24) is 0 Å². The number of nitriles is 1. The van der Waals surface area contributed by atoms with E-state index >= 15 is 0 Å². The van der Waals surface area contributed by atoms with Crippen molar-refractivity contribution < 1.29 is 14.3 Å². The molecule has 25 heavy (non-hydrogen) atoms. The molecule has 0 spiro atoms. The van der Waals surface area contributed by atoms with Gasteiger partial charge in [0.25, 0.3) is 11.8 Å². The molecule has 6 heteroatoms. The predicted octanol–water partition coefficient (Wildman–Crippen LogP) is 2.20. The summed E-state index contributed by atoms with van der Waals surface area (Å²) < 4.78 is 5.34. The summed E-state index contributed by atoms with van der Waals surface area (Å²) in [5.41, 5.74) is 2.44. The largest absolute Gasteiger partial charge is 0.378 e. The summed E-state index contributed by atoms with van der Waals surface area (Å²) in [5.74, 6) is -0.716. The van der Waals surface area contributed by atoms with E-state index in [0.29, 0.717) is 48.7 Å². The molecule has 2 aliphatic rings. The maximum absolute atomic E-state index is 12.6. The number of morpholine rings is 1. The molecule has 0 aliphatic carbocycles. The topological polar surface area (TPSA) is 73.6 Å². The first kappa shape index (κ1) is 15.4. The number of rotatable bonds is 2. The fourth-order valence-electron chi connectivity index (χ4n) is 3.26. The van der Waals surface area contributed by atoms with Gasteiger partial charge in [0.1, 0.15) is 6.07 Å². The minimum Gasteiger partial charge on any atom is -0.378 e. The third-order valence-corrected chi connectivity index (χ3v) is 4.50. The van der Waals surface area contributed by atoms with Crippen LogP contribution in [0.4, 0.5) is 11.4 Å². The van der Waals surface area contributed by atoms with Gasteiger partial charge in [-0.3, -0.25) is 9.59 Å². The summed E-state index contributed by atoms with van der Waals surface area (Å²) in [7, 11) is 0. The number of hydrogen-bond donors (Lipinski definition) is 0. The summed E-state index contributed by atoms with van der Waals surface area (Å²) in [4.78, 5) is 28.4. The van der Waals surface area contributed by atoms with E-state index in [1.165, 1.54) is 0 Å². The first-order valence-electron chi connectivity index (χ1n) is 8.05. The Morgan fingerprint density at radius 3 is 2.20 bits per heavy atom. The number of anilines is 2. The molecule has 0 atom stereocenters. The molecule has 2 amide bonds. The van der Waals surface area contributed by atoms with Gasteiger partial charge in [-0.2, -0.15) is 5.26 Å². The van der Waals surface area contributed by atoms with Gasteiger partial charge in [-0.15, -0.1) is 0 Å². The zero-order valence-electron chi connectivity index (χ0n) is 13.4. The van der Waals surface area contributed by atoms with Crippen molar-refractivity contribution in [3.8, 4) is 6.07 Å². The van der Waals surface area contributed by atoms with Gasteiger partial charge in [0.05, 0.1) is 41.3 Å². The molecule has 0 aromatic heterocycles. The molecule has 1 fully saturated rings. The number of carbonyl (C=O) groups excluding carboxylic acids is 2. The maximum atomic E-state index is 12.6. The minimum absolute atomic E-state index is 0.358. The second-order valence-electron chi connectivity index (χ2n) is 5.90. The highest BCUT2D eigenvalue weighted by molar-refractivity contribution is 6.34. The van der Waals surface area contributed by atoms with Crippen LogP contribution in [0.2, 0.25) is 0 Å². The lowest BCUT2D eigenvalue weighted by atomic mass is 10.1. The van der Waals surface area contributed by atoms with Gasteiger partial charge < -0.3 is 9.64 Å². The minimum atomic E-state index is -0.358. The first-order valence-corrected chi connectivity index (χ1v) is 8.05. The van der Waals surface area contributed by atoms with Crippen molar-refractivity contribution in [2.45, 2.75) is 0 Å². The Balaban J connectivity index is 1.72. The molecule has 2 aliphatic heterocycles. The van der Waals surface area contributed by atoms with Crippen LogP contribution < -0.4 is 9.80 Å². The number of hydrogen-bond acceptors (Lipinski definition) is 5. The molecule has 0 radical (unpaired) electrons. The summed E-state index contributed by atoms with van der Waals surface area (Å²) in [6, 6.07) is 14.0. The van der Waals surface area contributed by atoms with Crippen LogP contribution in [0, 0.1) is 11.3 Å². The van der Waals surface area contributed by atoms with E-state index in [4.69, 9.17) is 4.74 Å². The molecule has 4 rings (SSSR count). The van der Waals surface area contributed by atoms with Crippen LogP contribution in [0.5, 0.6) is 0 Å². The van der Waals surface area contributed by atoms with E-state index in [0.717, 1.165) is 10.6 Å². The average molecular weight is 333 g/mol. The third kappa shape index (κ3) is 2.46. The average Bonchev–Trinajstić information content (AvgIpc) is 2.93. The summed E-state index contributed by atoms with van der Waals surface area (Å²) >= 11 is 0. The maximum Gasteiger partial charge on any atom is 0.266 e. The zero-order valence-corrected chi connectivity index (χ0v) is 13.4. The lowest BCUT2D eigenvalue weighted by molar-refractivity contribution is 0.0926. The Labute approximate surface area is 144 Å². The molecule has 2 aromatic carbocycles. The van der Waals surface area contributed by atoms with Crippen molar-refractivity contribution in [3.05, 3.63) is 59.2 Å². The van der Waals surface area contributed by atoms with Crippen molar-refractivity contribution in [1.29, 1.82) is 5.26 Å². The van der Waals surface area contributed by atoms with E-state index in [1.807, 2.05) is 0 Å². The van der Waals surface area contributed by atoms with Crippen LogP contribution in [0.25, 0.3) is 0 Å². The van der Waals surface area contributed by atoms with Crippen LogP contribution in [0.1, 0.15) is 26.3 Å². The van der Waals surface area contributed by atoms with Crippen LogP contribution in [-0.4, -0.2) is 38.1 Å². The van der Waals surface area contributed by atoms with Gasteiger partial charge >= 0.3 is 0 Å². The fraction of sp³-hybridized carbons (Fsp3) is 0.211. The second-order valence-corrected chi connectivity index (χ2v) is 5.90. The predicted molar refractivity (Wildman–Crippen MR) is 91.8 cm³/mol. The molecular formula is C19H15N3O3. The quantitative estimate of drug-likeness (QED) is 0.788. The summed E-state index contributed by atoms with van der Waals surface area (Å²) in [5, 5.41) is 9.53. The van der Waals surface area contributed by atoms with Crippen LogP contribution in [0.15, 0.2) is 42.5 Å². The number of amides is 2. The van der Waals surface area contributed by atoms with Gasteiger partial charge in [-0.05, 0) is 30.3 Å². The Bertz CT molecular complexity index is 875. The fourth-order valence-corrected chi connectivity index (χ4v) is 3.26. The SMILES string of the molecule is N#Cc1cc(N2C(=O)c3ccccc3C2=O)ccc1N1CCOCC1. The molecule has 2 aromatic rings. The highest BCUT2D eigenvalue weighted by Crippen LogP contribution is 2.32. The second kappa shape index (κ2) is 6.04. The van der Waals surface area contributed by atoms with Gasteiger partial charge in [-0.1, -0.05) is 12.1 Å². The van der Waals surface area contributed by atoms with Crippen LogP contribution in [-0.2, 0) is 4.74 Å². The number of benzene rings is 2. The molecule has 0 unspecified atom stereocenters. The van der Waals surface area contributed by atoms with Crippen LogP contribution >= 0.6 is 0 Å². The smallest absolute Gasteiger partial charge is 0.266 e. The molecule has 0 bridgehead atoms. The van der Waals surface area contributed by atoms with Gasteiger partial charge in [0, 0.05) is 13.1 Å².